The summed E-state index contributed by atoms with van der Waals surface area (Å²) in [6.07, 6.45) is 0. The monoisotopic (exact) mass is 283 g/mol. The van der Waals surface area contributed by atoms with Crippen molar-refractivity contribution in [3.05, 3.63) is 52.5 Å². The third-order valence-corrected chi connectivity index (χ3v) is 3.53. The van der Waals surface area contributed by atoms with Gasteiger partial charge in [0.1, 0.15) is 11.3 Å². The summed E-state index contributed by atoms with van der Waals surface area (Å²) in [5.74, 6) is 0.387. The van der Waals surface area contributed by atoms with Crippen LogP contribution in [0.2, 0.25) is 0 Å². The highest BCUT2D eigenvalue weighted by molar-refractivity contribution is 5.96. The van der Waals surface area contributed by atoms with Crippen molar-refractivity contribution in [2.24, 2.45) is 0 Å². The van der Waals surface area contributed by atoms with Gasteiger partial charge in [-0.2, -0.15) is 0 Å². The highest BCUT2D eigenvalue weighted by atomic mass is 16.5. The molecular formula is C16H17N3O2. The normalized spacial score (nSPS) is 11.0. The molecule has 0 aliphatic heterocycles. The molecule has 5 nitrogen and oxygen atoms in total. The maximum Gasteiger partial charge on any atom is 0.257 e. The minimum absolute atomic E-state index is 0.156. The van der Waals surface area contributed by atoms with Crippen LogP contribution >= 0.6 is 0 Å². The van der Waals surface area contributed by atoms with Crippen LogP contribution in [0.4, 0.5) is 0 Å². The molecule has 108 valence electrons. The van der Waals surface area contributed by atoms with Crippen molar-refractivity contribution < 1.29 is 9.32 Å². The summed E-state index contributed by atoms with van der Waals surface area (Å²) < 4.78 is 5.01. The van der Waals surface area contributed by atoms with Gasteiger partial charge in [0, 0.05) is 17.8 Å². The van der Waals surface area contributed by atoms with Crippen LogP contribution in [0.25, 0.3) is 10.9 Å². The molecule has 2 N–H and O–H groups in total. The molecule has 2 heterocycles. The summed E-state index contributed by atoms with van der Waals surface area (Å²) in [5.41, 5.74) is 4.42. The average molecular weight is 283 g/mol. The summed E-state index contributed by atoms with van der Waals surface area (Å²) in [7, 11) is 0. The number of rotatable bonds is 3. The van der Waals surface area contributed by atoms with Crippen molar-refractivity contribution >= 4 is 16.8 Å². The predicted molar refractivity (Wildman–Crippen MR) is 80.2 cm³/mol. The van der Waals surface area contributed by atoms with Crippen molar-refractivity contribution in [1.29, 1.82) is 0 Å². The van der Waals surface area contributed by atoms with Crippen molar-refractivity contribution in [1.82, 2.24) is 15.5 Å². The molecule has 0 saturated carbocycles. The molecule has 0 atom stereocenters. The molecular weight excluding hydrogens is 266 g/mol. The second-order valence-electron chi connectivity index (χ2n) is 5.26. The summed E-state index contributed by atoms with van der Waals surface area (Å²) >= 11 is 0. The molecule has 1 amide bonds. The molecule has 0 saturated heterocycles. The van der Waals surface area contributed by atoms with E-state index < -0.39 is 0 Å². The van der Waals surface area contributed by atoms with E-state index in [1.807, 2.05) is 19.1 Å². The predicted octanol–water partition coefficient (Wildman–Crippen LogP) is 3.01. The molecule has 0 aliphatic rings. The van der Waals surface area contributed by atoms with Crippen LogP contribution in [-0.2, 0) is 6.54 Å². The molecule has 0 aliphatic carbocycles. The molecule has 5 heteroatoms. The Bertz CT molecular complexity index is 795. The van der Waals surface area contributed by atoms with Gasteiger partial charge in [-0.1, -0.05) is 11.2 Å². The zero-order chi connectivity index (χ0) is 15.0. The number of aromatic nitrogens is 2. The molecule has 1 aromatic carbocycles. The lowest BCUT2D eigenvalue weighted by atomic mass is 10.1. The molecule has 0 unspecified atom stereocenters. The average Bonchev–Trinajstić information content (AvgIpc) is 2.97. The number of hydrogen-bond donors (Lipinski definition) is 2. The van der Waals surface area contributed by atoms with E-state index in [4.69, 9.17) is 4.52 Å². The molecule has 0 bridgehead atoms. The highest BCUT2D eigenvalue weighted by Crippen LogP contribution is 2.17. The Morgan fingerprint density at radius 1 is 1.29 bits per heavy atom. The lowest BCUT2D eigenvalue weighted by molar-refractivity contribution is 0.0949. The molecule has 2 aromatic heterocycles. The van der Waals surface area contributed by atoms with Gasteiger partial charge in [-0.25, -0.2) is 0 Å². The Morgan fingerprint density at radius 2 is 2.10 bits per heavy atom. The minimum atomic E-state index is -0.156. The number of H-pyrrole nitrogens is 1. The number of aromatic amines is 1. The maximum absolute atomic E-state index is 12.2. The molecule has 0 fully saturated rings. The SMILES string of the molecule is Cc1cc2cc(CNC(=O)c3c(C)noc3C)ccc2[nH]1. The first-order valence-electron chi connectivity index (χ1n) is 6.84. The summed E-state index contributed by atoms with van der Waals surface area (Å²) in [6.45, 7) is 6.01. The fourth-order valence-corrected chi connectivity index (χ4v) is 2.52. The number of carbonyl (C=O) groups excluding carboxylic acids is 1. The van der Waals surface area contributed by atoms with Gasteiger partial charge in [0.2, 0.25) is 0 Å². The fraction of sp³-hybridized carbons (Fsp3) is 0.250. The quantitative estimate of drug-likeness (QED) is 0.776. The van der Waals surface area contributed by atoms with Gasteiger partial charge in [-0.05, 0) is 49.9 Å². The van der Waals surface area contributed by atoms with Crippen molar-refractivity contribution in [2.45, 2.75) is 27.3 Å². The third-order valence-electron chi connectivity index (χ3n) is 3.53. The summed E-state index contributed by atoms with van der Waals surface area (Å²) in [6, 6.07) is 8.20. The molecule has 3 rings (SSSR count). The standard InChI is InChI=1S/C16H17N3O2/c1-9-6-13-7-12(4-5-14(13)18-9)8-17-16(20)15-10(2)19-21-11(15)3/h4-7,18H,8H2,1-3H3,(H,17,20). The largest absolute Gasteiger partial charge is 0.361 e. The van der Waals surface area contributed by atoms with Gasteiger partial charge in [0.15, 0.2) is 0 Å². The highest BCUT2D eigenvalue weighted by Gasteiger charge is 2.16. The zero-order valence-electron chi connectivity index (χ0n) is 12.3. The van der Waals surface area contributed by atoms with E-state index >= 15 is 0 Å². The van der Waals surface area contributed by atoms with E-state index in [0.717, 1.165) is 22.2 Å². The van der Waals surface area contributed by atoms with Gasteiger partial charge in [0.05, 0.1) is 5.69 Å². The number of hydrogen-bond acceptors (Lipinski definition) is 3. The van der Waals surface area contributed by atoms with Crippen LogP contribution in [0.5, 0.6) is 0 Å². The van der Waals surface area contributed by atoms with Gasteiger partial charge < -0.3 is 14.8 Å². The topological polar surface area (TPSA) is 70.9 Å². The van der Waals surface area contributed by atoms with E-state index in [2.05, 4.69) is 27.6 Å². The molecule has 0 spiro atoms. The Hall–Kier alpha value is -2.56. The lowest BCUT2D eigenvalue weighted by Gasteiger charge is -2.05. The second-order valence-corrected chi connectivity index (χ2v) is 5.26. The van der Waals surface area contributed by atoms with E-state index in [1.54, 1.807) is 13.8 Å². The van der Waals surface area contributed by atoms with Gasteiger partial charge in [0.25, 0.3) is 5.91 Å². The van der Waals surface area contributed by atoms with Crippen LogP contribution in [0.1, 0.15) is 33.1 Å². The number of benzene rings is 1. The van der Waals surface area contributed by atoms with Crippen LogP contribution < -0.4 is 5.32 Å². The Kier molecular flexibility index (Phi) is 3.25. The molecule has 21 heavy (non-hydrogen) atoms. The zero-order valence-corrected chi connectivity index (χ0v) is 12.3. The second kappa shape index (κ2) is 5.09. The summed E-state index contributed by atoms with van der Waals surface area (Å²) in [5, 5.41) is 7.85. The van der Waals surface area contributed by atoms with Gasteiger partial charge in [-0.3, -0.25) is 4.79 Å². The molecule has 0 radical (unpaired) electrons. The van der Waals surface area contributed by atoms with E-state index in [1.165, 1.54) is 0 Å². The van der Waals surface area contributed by atoms with Crippen LogP contribution in [-0.4, -0.2) is 16.0 Å². The van der Waals surface area contributed by atoms with Gasteiger partial charge >= 0.3 is 0 Å². The van der Waals surface area contributed by atoms with E-state index in [0.29, 0.717) is 23.6 Å². The summed E-state index contributed by atoms with van der Waals surface area (Å²) in [4.78, 5) is 15.5. The first-order valence-corrected chi connectivity index (χ1v) is 6.84. The van der Waals surface area contributed by atoms with E-state index in [-0.39, 0.29) is 5.91 Å². The van der Waals surface area contributed by atoms with Crippen molar-refractivity contribution in [3.63, 3.8) is 0 Å². The number of amides is 1. The first kappa shape index (κ1) is 13.4. The number of nitrogens with one attached hydrogen (secondary N) is 2. The number of fused-ring (bicyclic) bond motifs is 1. The van der Waals surface area contributed by atoms with Crippen LogP contribution in [0.15, 0.2) is 28.8 Å². The lowest BCUT2D eigenvalue weighted by Crippen LogP contribution is -2.23. The Labute approximate surface area is 122 Å². The smallest absolute Gasteiger partial charge is 0.257 e. The van der Waals surface area contributed by atoms with Crippen molar-refractivity contribution in [3.8, 4) is 0 Å². The number of aryl methyl sites for hydroxylation is 3. The molecule has 3 aromatic rings. The van der Waals surface area contributed by atoms with Crippen LogP contribution in [0.3, 0.4) is 0 Å². The van der Waals surface area contributed by atoms with E-state index in [9.17, 15) is 4.79 Å². The number of nitrogens with zero attached hydrogens (tertiary/aromatic N) is 1. The van der Waals surface area contributed by atoms with Crippen LogP contribution in [0, 0.1) is 20.8 Å². The van der Waals surface area contributed by atoms with Crippen molar-refractivity contribution in [2.75, 3.05) is 0 Å². The first-order chi connectivity index (χ1) is 10.0. The maximum atomic E-state index is 12.2. The van der Waals surface area contributed by atoms with Gasteiger partial charge in [-0.15, -0.1) is 0 Å². The minimum Gasteiger partial charge on any atom is -0.361 e. The Morgan fingerprint density at radius 3 is 2.81 bits per heavy atom. The third kappa shape index (κ3) is 2.54. The Balaban J connectivity index is 1.75. The number of carbonyl (C=O) groups is 1. The fourth-order valence-electron chi connectivity index (χ4n) is 2.52.